The molecule has 1 heterocycles. The minimum absolute atomic E-state index is 0.0531. The molecule has 2 rings (SSSR count). The van der Waals surface area contributed by atoms with Crippen LogP contribution in [0.4, 0.5) is 0 Å². The molecule has 1 fully saturated rings. The van der Waals surface area contributed by atoms with Crippen LogP contribution in [0.3, 0.4) is 0 Å². The predicted molar refractivity (Wildman–Crippen MR) is 74.8 cm³/mol. The molecule has 0 spiro atoms. The van der Waals surface area contributed by atoms with Crippen molar-refractivity contribution in [2.24, 2.45) is 5.73 Å². The van der Waals surface area contributed by atoms with Crippen molar-refractivity contribution in [3.8, 4) is 0 Å². The minimum atomic E-state index is -0.118. The minimum Gasteiger partial charge on any atom is -0.373 e. The maximum atomic E-state index is 12.5. The Bertz CT molecular complexity index is 419. The van der Waals surface area contributed by atoms with Crippen molar-refractivity contribution in [1.29, 1.82) is 0 Å². The molecule has 1 aromatic rings. The average molecular weight is 262 g/mol. The molecule has 0 radical (unpaired) electrons. The van der Waals surface area contributed by atoms with Gasteiger partial charge in [0, 0.05) is 19.1 Å². The third-order valence-electron chi connectivity index (χ3n) is 3.66. The Hall–Kier alpha value is -1.39. The quantitative estimate of drug-likeness (QED) is 0.895. The van der Waals surface area contributed by atoms with Crippen LogP contribution in [0.2, 0.25) is 0 Å². The van der Waals surface area contributed by atoms with Crippen LogP contribution >= 0.6 is 0 Å². The highest BCUT2D eigenvalue weighted by Crippen LogP contribution is 2.19. The Morgan fingerprint density at radius 2 is 2.05 bits per heavy atom. The fourth-order valence-electron chi connectivity index (χ4n) is 2.35. The molecule has 4 heteroatoms. The van der Waals surface area contributed by atoms with E-state index in [4.69, 9.17) is 10.5 Å². The number of nitrogens with two attached hydrogens (primary N) is 1. The fraction of sp³-hybridized carbons (Fsp3) is 0.533. The smallest absolute Gasteiger partial charge is 0.229 e. The first-order valence-corrected chi connectivity index (χ1v) is 6.80. The van der Waals surface area contributed by atoms with Gasteiger partial charge in [-0.15, -0.1) is 0 Å². The van der Waals surface area contributed by atoms with Crippen molar-refractivity contribution in [3.05, 3.63) is 35.9 Å². The van der Waals surface area contributed by atoms with Crippen LogP contribution in [0.1, 0.15) is 25.3 Å². The van der Waals surface area contributed by atoms with E-state index in [-0.39, 0.29) is 24.0 Å². The predicted octanol–water partition coefficient (Wildman–Crippen LogP) is 1.36. The number of hydrogen-bond donors (Lipinski definition) is 1. The van der Waals surface area contributed by atoms with Crippen LogP contribution in [0.5, 0.6) is 0 Å². The molecule has 3 unspecified atom stereocenters. The molecule has 1 aromatic carbocycles. The Labute approximate surface area is 114 Å². The second-order valence-corrected chi connectivity index (χ2v) is 5.18. The molecule has 3 atom stereocenters. The van der Waals surface area contributed by atoms with Gasteiger partial charge in [0.2, 0.25) is 5.91 Å². The number of ether oxygens (including phenoxy) is 1. The molecule has 2 N–H and O–H groups in total. The van der Waals surface area contributed by atoms with E-state index in [0.717, 1.165) is 5.56 Å². The maximum Gasteiger partial charge on any atom is 0.229 e. The summed E-state index contributed by atoms with van der Waals surface area (Å²) in [6.07, 6.45) is -0.0549. The third-order valence-corrected chi connectivity index (χ3v) is 3.66. The van der Waals surface area contributed by atoms with E-state index < -0.39 is 0 Å². The van der Waals surface area contributed by atoms with Crippen LogP contribution in [-0.4, -0.2) is 42.6 Å². The van der Waals surface area contributed by atoms with Gasteiger partial charge in [0.05, 0.1) is 18.6 Å². The Morgan fingerprint density at radius 1 is 1.37 bits per heavy atom. The zero-order chi connectivity index (χ0) is 13.8. The summed E-state index contributed by atoms with van der Waals surface area (Å²) in [7, 11) is 0. The van der Waals surface area contributed by atoms with Crippen LogP contribution < -0.4 is 5.73 Å². The number of hydrogen-bond acceptors (Lipinski definition) is 3. The lowest BCUT2D eigenvalue weighted by molar-refractivity contribution is -0.140. The lowest BCUT2D eigenvalue weighted by atomic mass is 9.99. The third kappa shape index (κ3) is 3.33. The van der Waals surface area contributed by atoms with E-state index in [9.17, 15) is 4.79 Å². The van der Waals surface area contributed by atoms with Crippen LogP contribution in [-0.2, 0) is 9.53 Å². The van der Waals surface area contributed by atoms with Crippen LogP contribution in [0, 0.1) is 0 Å². The van der Waals surface area contributed by atoms with Gasteiger partial charge >= 0.3 is 0 Å². The highest BCUT2D eigenvalue weighted by atomic mass is 16.5. The SMILES string of the molecule is CC(C(=O)N1CCOC(C(C)N)C1)c1ccccc1. The summed E-state index contributed by atoms with van der Waals surface area (Å²) in [5.41, 5.74) is 6.91. The van der Waals surface area contributed by atoms with Gasteiger partial charge < -0.3 is 15.4 Å². The molecule has 0 aliphatic carbocycles. The van der Waals surface area contributed by atoms with Crippen LogP contribution in [0.15, 0.2) is 30.3 Å². The van der Waals surface area contributed by atoms with Crippen molar-refractivity contribution >= 4 is 5.91 Å². The van der Waals surface area contributed by atoms with E-state index in [1.54, 1.807) is 0 Å². The summed E-state index contributed by atoms with van der Waals surface area (Å²) in [5, 5.41) is 0. The summed E-state index contributed by atoms with van der Waals surface area (Å²) < 4.78 is 5.59. The van der Waals surface area contributed by atoms with Crippen LogP contribution in [0.25, 0.3) is 0 Å². The average Bonchev–Trinajstić information content (AvgIpc) is 2.46. The van der Waals surface area contributed by atoms with Gasteiger partial charge in [-0.05, 0) is 19.4 Å². The van der Waals surface area contributed by atoms with E-state index in [2.05, 4.69) is 0 Å². The van der Waals surface area contributed by atoms with Crippen molar-refractivity contribution in [2.45, 2.75) is 31.9 Å². The molecule has 1 amide bonds. The molecule has 104 valence electrons. The second-order valence-electron chi connectivity index (χ2n) is 5.18. The van der Waals surface area contributed by atoms with Crippen molar-refractivity contribution in [1.82, 2.24) is 4.90 Å². The molecule has 1 aliphatic heterocycles. The standard InChI is InChI=1S/C15H22N2O2/c1-11(13-6-4-3-5-7-13)15(18)17-8-9-19-14(10-17)12(2)16/h3-7,11-12,14H,8-10,16H2,1-2H3. The topological polar surface area (TPSA) is 55.6 Å². The van der Waals surface area contributed by atoms with Crippen molar-refractivity contribution < 1.29 is 9.53 Å². The number of rotatable bonds is 3. The fourth-order valence-corrected chi connectivity index (χ4v) is 2.35. The Balaban J connectivity index is 2.03. The van der Waals surface area contributed by atoms with Gasteiger partial charge in [0.1, 0.15) is 0 Å². The number of carbonyl (C=O) groups excluding carboxylic acids is 1. The molecule has 1 saturated heterocycles. The molecule has 0 saturated carbocycles. The van der Waals surface area contributed by atoms with Crippen molar-refractivity contribution in [3.63, 3.8) is 0 Å². The number of benzene rings is 1. The molecular formula is C15H22N2O2. The number of amides is 1. The summed E-state index contributed by atoms with van der Waals surface area (Å²) in [6.45, 7) is 5.68. The molecular weight excluding hydrogens is 240 g/mol. The number of morpholine rings is 1. The van der Waals surface area contributed by atoms with Crippen molar-refractivity contribution in [2.75, 3.05) is 19.7 Å². The number of nitrogens with zero attached hydrogens (tertiary/aromatic N) is 1. The first kappa shape index (κ1) is 14.0. The highest BCUT2D eigenvalue weighted by Gasteiger charge is 2.29. The largest absolute Gasteiger partial charge is 0.373 e. The summed E-state index contributed by atoms with van der Waals surface area (Å²) >= 11 is 0. The van der Waals surface area contributed by atoms with Gasteiger partial charge in [0.15, 0.2) is 0 Å². The summed E-state index contributed by atoms with van der Waals surface area (Å²) in [6, 6.07) is 9.81. The zero-order valence-corrected chi connectivity index (χ0v) is 11.6. The van der Waals surface area contributed by atoms with Gasteiger partial charge in [0.25, 0.3) is 0 Å². The van der Waals surface area contributed by atoms with Gasteiger partial charge in [-0.25, -0.2) is 0 Å². The van der Waals surface area contributed by atoms with Gasteiger partial charge in [-0.1, -0.05) is 30.3 Å². The molecule has 1 aliphatic rings. The Morgan fingerprint density at radius 3 is 2.68 bits per heavy atom. The summed E-state index contributed by atoms with van der Waals surface area (Å²) in [5.74, 6) is 0.0354. The maximum absolute atomic E-state index is 12.5. The van der Waals surface area contributed by atoms with E-state index in [0.29, 0.717) is 19.7 Å². The lowest BCUT2D eigenvalue weighted by Gasteiger charge is -2.36. The molecule has 0 bridgehead atoms. The van der Waals surface area contributed by atoms with E-state index in [1.807, 2.05) is 49.1 Å². The molecule has 0 aromatic heterocycles. The first-order valence-electron chi connectivity index (χ1n) is 6.80. The van der Waals surface area contributed by atoms with E-state index in [1.165, 1.54) is 0 Å². The molecule has 4 nitrogen and oxygen atoms in total. The van der Waals surface area contributed by atoms with Gasteiger partial charge in [-0.2, -0.15) is 0 Å². The summed E-state index contributed by atoms with van der Waals surface area (Å²) in [4.78, 5) is 14.4. The van der Waals surface area contributed by atoms with E-state index >= 15 is 0 Å². The highest BCUT2D eigenvalue weighted by molar-refractivity contribution is 5.83. The number of carbonyl (C=O) groups is 1. The monoisotopic (exact) mass is 262 g/mol. The molecule has 19 heavy (non-hydrogen) atoms. The lowest BCUT2D eigenvalue weighted by Crippen LogP contribution is -2.52. The second kappa shape index (κ2) is 6.17. The normalized spacial score (nSPS) is 22.9. The first-order chi connectivity index (χ1) is 9.09. The van der Waals surface area contributed by atoms with Gasteiger partial charge in [-0.3, -0.25) is 4.79 Å². The zero-order valence-electron chi connectivity index (χ0n) is 11.6. The Kier molecular flexibility index (Phi) is 4.56.